The van der Waals surface area contributed by atoms with Crippen molar-refractivity contribution in [3.05, 3.63) is 0 Å². The number of carbonyl (C=O) groups is 2. The molecule has 0 aliphatic rings. The average Bonchev–Trinajstić information content (AvgIpc) is 1.87. The van der Waals surface area contributed by atoms with Gasteiger partial charge in [-0.3, -0.25) is 21.1 Å². The first-order valence-corrected chi connectivity index (χ1v) is 3.24. The summed E-state index contributed by atoms with van der Waals surface area (Å²) in [5.74, 6) is 0. The molecule has 0 fully saturated rings. The van der Waals surface area contributed by atoms with Gasteiger partial charge in [0.15, 0.2) is 0 Å². The molecule has 0 aromatic rings. The van der Waals surface area contributed by atoms with Crippen LogP contribution in [0, 0.1) is 0 Å². The second kappa shape index (κ2) is 9.86. The van der Waals surface area contributed by atoms with Crippen LogP contribution in [0.1, 0.15) is 13.8 Å². The van der Waals surface area contributed by atoms with Gasteiger partial charge in [-0.15, -0.1) is 0 Å². The van der Waals surface area contributed by atoms with Crippen LogP contribution in [0.3, 0.4) is 0 Å². The number of hydrogen-bond donors (Lipinski definition) is 2. The molecular formula is C6H14N2O4. The topological polar surface area (TPSA) is 105 Å². The molecule has 6 heteroatoms. The zero-order valence-electron chi connectivity index (χ0n) is 7.10. The lowest BCUT2D eigenvalue weighted by molar-refractivity contribution is -0.133. The molecular weight excluding hydrogens is 164 g/mol. The van der Waals surface area contributed by atoms with E-state index in [0.29, 0.717) is 12.9 Å². The van der Waals surface area contributed by atoms with Crippen molar-refractivity contribution >= 4 is 12.9 Å². The summed E-state index contributed by atoms with van der Waals surface area (Å²) < 4.78 is 8.28. The molecule has 0 spiro atoms. The lowest BCUT2D eigenvalue weighted by atomic mass is 10.7. The first-order chi connectivity index (χ1) is 5.54. The van der Waals surface area contributed by atoms with Crippen LogP contribution in [-0.2, 0) is 19.1 Å². The lowest BCUT2D eigenvalue weighted by Gasteiger charge is -1.96. The summed E-state index contributed by atoms with van der Waals surface area (Å²) in [6.45, 7) is 3.80. The summed E-state index contributed by atoms with van der Waals surface area (Å²) in [6, 6.07) is 0. The smallest absolute Gasteiger partial charge is 0.294 e. The molecule has 0 aliphatic heterocycles. The van der Waals surface area contributed by atoms with Crippen molar-refractivity contribution in [1.29, 1.82) is 0 Å². The van der Waals surface area contributed by atoms with E-state index in [1.54, 1.807) is 13.8 Å². The minimum atomic E-state index is -0.470. The molecule has 72 valence electrons. The maximum absolute atomic E-state index is 9.31. The predicted octanol–water partition coefficient (Wildman–Crippen LogP) is -1.07. The van der Waals surface area contributed by atoms with Crippen molar-refractivity contribution in [2.24, 2.45) is 11.5 Å². The molecule has 0 saturated heterocycles. The molecule has 0 saturated carbocycles. The van der Waals surface area contributed by atoms with Crippen LogP contribution in [0.2, 0.25) is 0 Å². The van der Waals surface area contributed by atoms with Gasteiger partial charge in [-0.05, 0) is 13.8 Å². The van der Waals surface area contributed by atoms with E-state index in [2.05, 4.69) is 9.47 Å². The molecule has 6 nitrogen and oxygen atoms in total. The van der Waals surface area contributed by atoms with Crippen molar-refractivity contribution in [3.8, 4) is 0 Å². The summed E-state index contributed by atoms with van der Waals surface area (Å²) in [6.07, 6.45) is -0.940. The van der Waals surface area contributed by atoms with Gasteiger partial charge in [0, 0.05) is 0 Å². The molecule has 0 unspecified atom stereocenters. The highest BCUT2D eigenvalue weighted by atomic mass is 16.5. The van der Waals surface area contributed by atoms with Gasteiger partial charge in [-0.2, -0.15) is 0 Å². The van der Waals surface area contributed by atoms with Gasteiger partial charge < -0.3 is 9.47 Å². The first-order valence-electron chi connectivity index (χ1n) is 3.24. The third-order valence-electron chi connectivity index (χ3n) is 0.540. The largest absolute Gasteiger partial charge is 0.449 e. The number of rotatable bonds is 4. The van der Waals surface area contributed by atoms with Gasteiger partial charge in [0.25, 0.3) is 12.9 Å². The summed E-state index contributed by atoms with van der Waals surface area (Å²) in [5.41, 5.74) is 9.90. The fourth-order valence-corrected chi connectivity index (χ4v) is 0.175. The van der Waals surface area contributed by atoms with Crippen LogP contribution in [-0.4, -0.2) is 25.4 Å². The van der Waals surface area contributed by atoms with E-state index in [4.69, 9.17) is 11.5 Å². The molecule has 2 atom stereocenters. The second-order valence-corrected chi connectivity index (χ2v) is 1.87. The zero-order valence-corrected chi connectivity index (χ0v) is 7.10. The molecule has 0 aliphatic carbocycles. The number of nitrogens with two attached hydrogens (primary N) is 2. The number of ether oxygens (including phenoxy) is 2. The van der Waals surface area contributed by atoms with E-state index in [1.165, 1.54) is 0 Å². The predicted molar refractivity (Wildman–Crippen MR) is 41.6 cm³/mol. The molecule has 0 radical (unpaired) electrons. The fourth-order valence-electron chi connectivity index (χ4n) is 0.175. The average molecular weight is 178 g/mol. The van der Waals surface area contributed by atoms with Crippen molar-refractivity contribution in [2.75, 3.05) is 0 Å². The van der Waals surface area contributed by atoms with Crippen LogP contribution in [0.4, 0.5) is 0 Å². The van der Waals surface area contributed by atoms with Crippen LogP contribution >= 0.6 is 0 Å². The highest BCUT2D eigenvalue weighted by molar-refractivity contribution is 5.37. The lowest BCUT2D eigenvalue weighted by Crippen LogP contribution is -2.17. The van der Waals surface area contributed by atoms with Gasteiger partial charge in [-0.25, -0.2) is 0 Å². The van der Waals surface area contributed by atoms with E-state index in [9.17, 15) is 9.59 Å². The van der Waals surface area contributed by atoms with Crippen LogP contribution in [0.5, 0.6) is 0 Å². The van der Waals surface area contributed by atoms with Crippen LogP contribution in [0.25, 0.3) is 0 Å². The molecule has 0 rings (SSSR count). The summed E-state index contributed by atoms with van der Waals surface area (Å²) in [5, 5.41) is 0. The van der Waals surface area contributed by atoms with E-state index in [1.807, 2.05) is 0 Å². The Morgan fingerprint density at radius 2 is 1.25 bits per heavy atom. The third kappa shape index (κ3) is 23.2. The maximum atomic E-state index is 9.31. The first kappa shape index (κ1) is 13.4. The van der Waals surface area contributed by atoms with Crippen molar-refractivity contribution in [2.45, 2.75) is 26.3 Å². The van der Waals surface area contributed by atoms with E-state index in [0.717, 1.165) is 0 Å². The van der Waals surface area contributed by atoms with Crippen molar-refractivity contribution in [1.82, 2.24) is 0 Å². The molecule has 4 N–H and O–H groups in total. The van der Waals surface area contributed by atoms with Gasteiger partial charge in [0.1, 0.15) is 12.5 Å². The Kier molecular flexibility index (Phi) is 11.1. The Labute approximate surface area is 70.8 Å². The third-order valence-corrected chi connectivity index (χ3v) is 0.540. The Morgan fingerprint density at radius 3 is 1.25 bits per heavy atom. The molecule has 0 bridgehead atoms. The molecule has 12 heavy (non-hydrogen) atoms. The van der Waals surface area contributed by atoms with E-state index >= 15 is 0 Å². The Morgan fingerprint density at radius 1 is 1.00 bits per heavy atom. The highest BCUT2D eigenvalue weighted by Gasteiger charge is 1.83. The number of hydrogen-bond acceptors (Lipinski definition) is 6. The maximum Gasteiger partial charge on any atom is 0.294 e. The minimum absolute atomic E-state index is 0.324. The van der Waals surface area contributed by atoms with Crippen LogP contribution in [0.15, 0.2) is 0 Å². The van der Waals surface area contributed by atoms with Gasteiger partial charge in [0.05, 0.1) is 0 Å². The van der Waals surface area contributed by atoms with E-state index < -0.39 is 12.5 Å². The second-order valence-electron chi connectivity index (χ2n) is 1.87. The molecule has 0 aromatic carbocycles. The van der Waals surface area contributed by atoms with Crippen molar-refractivity contribution in [3.63, 3.8) is 0 Å². The van der Waals surface area contributed by atoms with Gasteiger partial charge >= 0.3 is 0 Å². The Balaban J connectivity index is 0. The Hall–Kier alpha value is -1.14. The fraction of sp³-hybridized carbons (Fsp3) is 0.667. The standard InChI is InChI=1S/2C3H7NO2/c2*1-3(4)6-2-5/h2*2-3H,4H2,1H3/t2*3-/m10/s1. The summed E-state index contributed by atoms with van der Waals surface area (Å²) >= 11 is 0. The highest BCUT2D eigenvalue weighted by Crippen LogP contribution is 1.69. The monoisotopic (exact) mass is 178 g/mol. The SMILES string of the molecule is C[C@@H](N)OC=O.C[C@H](N)OC=O. The molecule has 0 heterocycles. The zero-order chi connectivity index (χ0) is 9.98. The summed E-state index contributed by atoms with van der Waals surface area (Å²) in [7, 11) is 0. The molecule has 0 amide bonds. The quantitative estimate of drug-likeness (QED) is 0.419. The number of carbonyl (C=O) groups excluding carboxylic acids is 2. The summed E-state index contributed by atoms with van der Waals surface area (Å²) in [4.78, 5) is 18.6. The van der Waals surface area contributed by atoms with Crippen LogP contribution < -0.4 is 11.5 Å². The van der Waals surface area contributed by atoms with Gasteiger partial charge in [0.2, 0.25) is 0 Å². The minimum Gasteiger partial charge on any atom is -0.449 e. The van der Waals surface area contributed by atoms with Crippen molar-refractivity contribution < 1.29 is 19.1 Å². The Bertz CT molecular complexity index is 102. The van der Waals surface area contributed by atoms with Gasteiger partial charge in [-0.1, -0.05) is 0 Å². The van der Waals surface area contributed by atoms with E-state index in [-0.39, 0.29) is 0 Å². The molecule has 0 aromatic heterocycles. The normalized spacial score (nSPS) is 13.0.